The number of benzene rings is 2. The lowest BCUT2D eigenvalue weighted by molar-refractivity contribution is 0.165. The molecular weight excluding hydrogens is 454 g/mol. The second-order valence-corrected chi connectivity index (χ2v) is 9.77. The van der Waals surface area contributed by atoms with Gasteiger partial charge in [-0.2, -0.15) is 5.26 Å². The number of aryl methyl sites for hydroxylation is 1. The van der Waals surface area contributed by atoms with E-state index < -0.39 is 0 Å². The lowest BCUT2D eigenvalue weighted by Gasteiger charge is -2.32. The molecule has 2 heterocycles. The Kier molecular flexibility index (Phi) is 8.32. The van der Waals surface area contributed by atoms with Crippen molar-refractivity contribution in [3.63, 3.8) is 0 Å². The van der Waals surface area contributed by atoms with Gasteiger partial charge in [0.05, 0.1) is 29.1 Å². The van der Waals surface area contributed by atoms with Crippen molar-refractivity contribution in [3.8, 4) is 6.07 Å². The van der Waals surface area contributed by atoms with E-state index in [2.05, 4.69) is 63.7 Å². The maximum Gasteiger partial charge on any atom is 0.0991 e. The molecule has 0 saturated carbocycles. The van der Waals surface area contributed by atoms with E-state index >= 15 is 0 Å². The van der Waals surface area contributed by atoms with Gasteiger partial charge in [-0.15, -0.1) is 0 Å². The summed E-state index contributed by atoms with van der Waals surface area (Å²) in [6, 6.07) is 29.7. The maximum absolute atomic E-state index is 9.42. The highest BCUT2D eigenvalue weighted by Crippen LogP contribution is 2.34. The first-order valence-electron chi connectivity index (χ1n) is 13.1. The second kappa shape index (κ2) is 12.4. The molecule has 0 amide bonds. The van der Waals surface area contributed by atoms with Crippen molar-refractivity contribution >= 4 is 0 Å². The van der Waals surface area contributed by atoms with Crippen molar-refractivity contribution in [2.24, 2.45) is 0 Å². The van der Waals surface area contributed by atoms with Crippen LogP contribution in [0.1, 0.15) is 64.5 Å². The number of pyridine rings is 2. The molecule has 0 bridgehead atoms. The van der Waals surface area contributed by atoms with Gasteiger partial charge in [-0.1, -0.05) is 55.0 Å². The summed E-state index contributed by atoms with van der Waals surface area (Å²) in [5.41, 5.74) is 8.05. The highest BCUT2D eigenvalue weighted by atomic mass is 15.2. The van der Waals surface area contributed by atoms with Crippen molar-refractivity contribution < 1.29 is 0 Å². The van der Waals surface area contributed by atoms with Gasteiger partial charge < -0.3 is 5.32 Å². The first-order valence-corrected chi connectivity index (χ1v) is 13.1. The SMILES string of the molecule is N#Cc1cccc(CN(Cc2ccc(CNCc3ccccn3)cc2)C2CCCCc3cccnc32)c1. The summed E-state index contributed by atoms with van der Waals surface area (Å²) in [6.45, 7) is 3.18. The smallest absolute Gasteiger partial charge is 0.0991 e. The summed E-state index contributed by atoms with van der Waals surface area (Å²) >= 11 is 0. The van der Waals surface area contributed by atoms with Crippen LogP contribution in [0.3, 0.4) is 0 Å². The first kappa shape index (κ1) is 24.8. The molecule has 5 heteroatoms. The minimum Gasteiger partial charge on any atom is -0.307 e. The fourth-order valence-electron chi connectivity index (χ4n) is 5.19. The van der Waals surface area contributed by atoms with E-state index in [1.165, 1.54) is 35.2 Å². The van der Waals surface area contributed by atoms with Crippen LogP contribution in [-0.4, -0.2) is 14.9 Å². The Bertz CT molecular complexity index is 1330. The van der Waals surface area contributed by atoms with Gasteiger partial charge in [-0.3, -0.25) is 14.9 Å². The summed E-state index contributed by atoms with van der Waals surface area (Å²) in [7, 11) is 0. The van der Waals surface area contributed by atoms with Gasteiger partial charge in [0.2, 0.25) is 0 Å². The molecule has 2 aromatic carbocycles. The van der Waals surface area contributed by atoms with Gasteiger partial charge in [-0.05, 0) is 71.8 Å². The van der Waals surface area contributed by atoms with E-state index in [0.29, 0.717) is 5.56 Å². The van der Waals surface area contributed by atoms with Gasteiger partial charge in [0.25, 0.3) is 0 Å². The summed E-state index contributed by atoms with van der Waals surface area (Å²) in [4.78, 5) is 11.8. The maximum atomic E-state index is 9.42. The molecule has 1 N–H and O–H groups in total. The monoisotopic (exact) mass is 487 g/mol. The summed E-state index contributed by atoms with van der Waals surface area (Å²) in [5.74, 6) is 0. The molecular formula is C32H33N5. The van der Waals surface area contributed by atoms with Gasteiger partial charge in [0.15, 0.2) is 0 Å². The molecule has 186 valence electrons. The quantitative estimate of drug-likeness (QED) is 0.289. The molecule has 0 spiro atoms. The Morgan fingerprint density at radius 1 is 0.811 bits per heavy atom. The number of rotatable bonds is 9. The first-order chi connectivity index (χ1) is 18.3. The molecule has 4 aromatic rings. The van der Waals surface area contributed by atoms with E-state index in [-0.39, 0.29) is 6.04 Å². The topological polar surface area (TPSA) is 64.8 Å². The summed E-state index contributed by atoms with van der Waals surface area (Å²) in [5, 5.41) is 12.9. The van der Waals surface area contributed by atoms with Crippen LogP contribution in [0, 0.1) is 11.3 Å². The van der Waals surface area contributed by atoms with Gasteiger partial charge >= 0.3 is 0 Å². The second-order valence-electron chi connectivity index (χ2n) is 9.77. The van der Waals surface area contributed by atoms with Crippen LogP contribution < -0.4 is 5.32 Å². The van der Waals surface area contributed by atoms with Crippen LogP contribution in [0.4, 0.5) is 0 Å². The van der Waals surface area contributed by atoms with Gasteiger partial charge in [0.1, 0.15) is 0 Å². The van der Waals surface area contributed by atoms with Crippen LogP contribution in [0.2, 0.25) is 0 Å². The zero-order valence-electron chi connectivity index (χ0n) is 21.2. The van der Waals surface area contributed by atoms with Crippen molar-refractivity contribution in [1.29, 1.82) is 5.26 Å². The van der Waals surface area contributed by atoms with Crippen molar-refractivity contribution in [3.05, 3.63) is 130 Å². The number of nitriles is 1. The molecule has 5 nitrogen and oxygen atoms in total. The molecule has 5 rings (SSSR count). The van der Waals surface area contributed by atoms with Crippen molar-refractivity contribution in [2.45, 2.75) is 57.9 Å². The Morgan fingerprint density at radius 3 is 2.49 bits per heavy atom. The number of hydrogen-bond donors (Lipinski definition) is 1. The largest absolute Gasteiger partial charge is 0.307 e. The Balaban J connectivity index is 1.33. The fraction of sp³-hybridized carbons (Fsp3) is 0.281. The fourth-order valence-corrected chi connectivity index (χ4v) is 5.19. The average molecular weight is 488 g/mol. The van der Waals surface area contributed by atoms with Crippen LogP contribution >= 0.6 is 0 Å². The van der Waals surface area contributed by atoms with Crippen molar-refractivity contribution in [1.82, 2.24) is 20.2 Å². The normalized spacial score (nSPS) is 15.1. The number of fused-ring (bicyclic) bond motifs is 1. The average Bonchev–Trinajstić information content (AvgIpc) is 3.17. The molecule has 1 unspecified atom stereocenters. The van der Waals surface area contributed by atoms with Crippen molar-refractivity contribution in [2.75, 3.05) is 0 Å². The van der Waals surface area contributed by atoms with E-state index in [1.54, 1.807) is 0 Å². The van der Waals surface area contributed by atoms with Crippen LogP contribution in [-0.2, 0) is 32.6 Å². The third-order valence-electron chi connectivity index (χ3n) is 7.07. The lowest BCUT2D eigenvalue weighted by Crippen LogP contribution is -2.29. The highest BCUT2D eigenvalue weighted by Gasteiger charge is 2.26. The van der Waals surface area contributed by atoms with E-state index in [4.69, 9.17) is 4.98 Å². The molecule has 0 fully saturated rings. The van der Waals surface area contributed by atoms with E-state index in [1.807, 2.05) is 48.8 Å². The minimum absolute atomic E-state index is 0.254. The third-order valence-corrected chi connectivity index (χ3v) is 7.07. The predicted octanol–water partition coefficient (Wildman–Crippen LogP) is 6.11. The van der Waals surface area contributed by atoms with Gasteiger partial charge in [0, 0.05) is 38.6 Å². The van der Waals surface area contributed by atoms with E-state index in [0.717, 1.165) is 50.3 Å². The molecule has 1 atom stereocenters. The number of nitrogens with zero attached hydrogens (tertiary/aromatic N) is 4. The molecule has 0 saturated heterocycles. The number of aromatic nitrogens is 2. The lowest BCUT2D eigenvalue weighted by atomic mass is 10.0. The zero-order valence-corrected chi connectivity index (χ0v) is 21.2. The van der Waals surface area contributed by atoms with Crippen LogP contribution in [0.15, 0.2) is 91.3 Å². The third kappa shape index (κ3) is 6.68. The van der Waals surface area contributed by atoms with Crippen LogP contribution in [0.25, 0.3) is 0 Å². The Morgan fingerprint density at radius 2 is 1.65 bits per heavy atom. The zero-order chi connectivity index (χ0) is 25.3. The Hall–Kier alpha value is -3.85. The minimum atomic E-state index is 0.254. The molecule has 1 aliphatic carbocycles. The number of hydrogen-bond acceptors (Lipinski definition) is 5. The highest BCUT2D eigenvalue weighted by molar-refractivity contribution is 5.33. The predicted molar refractivity (Wildman–Crippen MR) is 146 cm³/mol. The molecule has 2 aromatic heterocycles. The van der Waals surface area contributed by atoms with Gasteiger partial charge in [-0.25, -0.2) is 0 Å². The molecule has 0 radical (unpaired) electrons. The van der Waals surface area contributed by atoms with Crippen LogP contribution in [0.5, 0.6) is 0 Å². The Labute approximate surface area is 219 Å². The molecule has 0 aliphatic heterocycles. The summed E-state index contributed by atoms with van der Waals surface area (Å²) in [6.07, 6.45) is 8.34. The molecule has 1 aliphatic rings. The summed E-state index contributed by atoms with van der Waals surface area (Å²) < 4.78 is 0. The standard InChI is InChI=1S/C32H33N5/c33-20-27-7-5-8-28(19-27)24-37(31-12-2-1-9-29-10-6-18-36-32(29)31)23-26-15-13-25(14-16-26)21-34-22-30-11-3-4-17-35-30/h3-8,10-11,13-19,31,34H,1-2,9,12,21-24H2. The van der Waals surface area contributed by atoms with E-state index in [9.17, 15) is 5.26 Å². The number of nitrogens with one attached hydrogen (secondary N) is 1. The molecule has 37 heavy (non-hydrogen) atoms.